The number of nitrogens with zero attached hydrogens (tertiary/aromatic N) is 1. The van der Waals surface area contributed by atoms with Crippen LogP contribution in [0.5, 0.6) is 0 Å². The second kappa shape index (κ2) is 13.5. The van der Waals surface area contributed by atoms with Gasteiger partial charge < -0.3 is 18.3 Å². The lowest BCUT2D eigenvalue weighted by molar-refractivity contribution is -0.162. The Balaban J connectivity index is 2.07. The van der Waals surface area contributed by atoms with Crippen LogP contribution in [0, 0.1) is 0 Å². The molecule has 7 nitrogen and oxygen atoms in total. The van der Waals surface area contributed by atoms with Crippen LogP contribution in [0.15, 0.2) is 72.8 Å². The zero-order valence-electron chi connectivity index (χ0n) is 28.3. The van der Waals surface area contributed by atoms with Crippen LogP contribution >= 0.6 is 0 Å². The van der Waals surface area contributed by atoms with E-state index in [-0.39, 0.29) is 16.0 Å². The number of ether oxygens (including phenoxy) is 2. The van der Waals surface area contributed by atoms with Crippen molar-refractivity contribution in [2.24, 2.45) is 0 Å². The average Bonchev–Trinajstić information content (AvgIpc) is 3.24. The van der Waals surface area contributed by atoms with Crippen molar-refractivity contribution >= 4 is 32.9 Å². The quantitative estimate of drug-likeness (QED) is 0.172. The van der Waals surface area contributed by atoms with Crippen LogP contribution in [0.4, 0.5) is 0 Å². The lowest BCUT2D eigenvalue weighted by atomic mass is 10.1. The van der Waals surface area contributed by atoms with Gasteiger partial charge in [-0.2, -0.15) is 0 Å². The van der Waals surface area contributed by atoms with Gasteiger partial charge in [-0.3, -0.25) is 9.63 Å². The third kappa shape index (κ3) is 8.13. The standard InChI is InChI=1S/C34H53NO6Si2/c1-32(2,3)42(11,12)41-28(23-24-30(36)35(9)37-10)31-29(39-34(7,8)40-31)25-38-43(33(4,5)6,26-19-15-13-16-20-26)27-21-17-14-18-22-27/h13-24,28-29,31H,25H2,1-12H3/b24-23+/t28-,29+,31-/m1/s1. The molecule has 1 saturated heterocycles. The van der Waals surface area contributed by atoms with Gasteiger partial charge in [-0.15, -0.1) is 0 Å². The summed E-state index contributed by atoms with van der Waals surface area (Å²) in [5, 5.41) is 3.34. The summed E-state index contributed by atoms with van der Waals surface area (Å²) in [6.45, 7) is 21.9. The molecule has 0 radical (unpaired) electrons. The normalized spacial score (nSPS) is 20.4. The fraction of sp³-hybridized carbons (Fsp3) is 0.559. The molecule has 2 aromatic rings. The Kier molecular flexibility index (Phi) is 11.1. The van der Waals surface area contributed by atoms with E-state index in [9.17, 15) is 4.79 Å². The second-order valence-electron chi connectivity index (χ2n) is 14.3. The molecule has 3 rings (SSSR count). The Hall–Kier alpha value is -2.12. The van der Waals surface area contributed by atoms with Gasteiger partial charge in [0.15, 0.2) is 14.1 Å². The van der Waals surface area contributed by atoms with Crippen LogP contribution in [-0.2, 0) is 28.0 Å². The molecule has 1 heterocycles. The number of carbonyl (C=O) groups excluding carboxylic acids is 1. The Morgan fingerprint density at radius 2 is 1.44 bits per heavy atom. The predicted octanol–water partition coefficient (Wildman–Crippen LogP) is 6.05. The summed E-state index contributed by atoms with van der Waals surface area (Å²) in [4.78, 5) is 17.8. The summed E-state index contributed by atoms with van der Waals surface area (Å²) in [7, 11) is -2.07. The minimum Gasteiger partial charge on any atom is -0.408 e. The summed E-state index contributed by atoms with van der Waals surface area (Å²) >= 11 is 0. The molecule has 1 aliphatic heterocycles. The highest BCUT2D eigenvalue weighted by Gasteiger charge is 2.53. The summed E-state index contributed by atoms with van der Waals surface area (Å²) in [5.74, 6) is -1.15. The van der Waals surface area contributed by atoms with Crippen molar-refractivity contribution in [1.82, 2.24) is 5.06 Å². The summed E-state index contributed by atoms with van der Waals surface area (Å²) < 4.78 is 27.3. The van der Waals surface area contributed by atoms with E-state index in [4.69, 9.17) is 23.2 Å². The van der Waals surface area contributed by atoms with Crippen LogP contribution in [0.1, 0.15) is 55.4 Å². The van der Waals surface area contributed by atoms with Gasteiger partial charge in [0.2, 0.25) is 0 Å². The number of amides is 1. The minimum absolute atomic E-state index is 0.0533. The zero-order valence-corrected chi connectivity index (χ0v) is 30.3. The van der Waals surface area contributed by atoms with E-state index in [0.717, 1.165) is 0 Å². The number of hydroxylamine groups is 2. The van der Waals surface area contributed by atoms with Gasteiger partial charge in [-0.1, -0.05) is 102 Å². The first-order chi connectivity index (χ1) is 19.8. The van der Waals surface area contributed by atoms with Crippen molar-refractivity contribution in [3.05, 3.63) is 72.8 Å². The van der Waals surface area contributed by atoms with Crippen molar-refractivity contribution in [3.8, 4) is 0 Å². The predicted molar refractivity (Wildman–Crippen MR) is 178 cm³/mol. The van der Waals surface area contributed by atoms with Crippen LogP contribution < -0.4 is 10.4 Å². The first-order valence-corrected chi connectivity index (χ1v) is 19.9. The van der Waals surface area contributed by atoms with Crippen molar-refractivity contribution in [2.75, 3.05) is 20.8 Å². The van der Waals surface area contributed by atoms with Crippen LogP contribution in [-0.4, -0.2) is 72.5 Å². The highest BCUT2D eigenvalue weighted by Crippen LogP contribution is 2.41. The molecule has 238 valence electrons. The Morgan fingerprint density at radius 3 is 1.88 bits per heavy atom. The van der Waals surface area contributed by atoms with Crippen molar-refractivity contribution in [1.29, 1.82) is 0 Å². The molecule has 3 atom stereocenters. The third-order valence-corrected chi connectivity index (χ3v) is 18.2. The second-order valence-corrected chi connectivity index (χ2v) is 23.4. The molecule has 0 bridgehead atoms. The molecule has 0 aromatic heterocycles. The molecule has 0 saturated carbocycles. The molecule has 0 spiro atoms. The number of hydrogen-bond donors (Lipinski definition) is 0. The monoisotopic (exact) mass is 627 g/mol. The van der Waals surface area contributed by atoms with E-state index in [1.54, 1.807) is 13.1 Å². The van der Waals surface area contributed by atoms with Crippen LogP contribution in [0.25, 0.3) is 0 Å². The smallest absolute Gasteiger partial charge is 0.269 e. The molecular formula is C34H53NO6Si2. The van der Waals surface area contributed by atoms with E-state index in [0.29, 0.717) is 6.61 Å². The van der Waals surface area contributed by atoms with E-state index in [2.05, 4.69) is 103 Å². The molecule has 0 aliphatic carbocycles. The van der Waals surface area contributed by atoms with Crippen LogP contribution in [0.3, 0.4) is 0 Å². The topological polar surface area (TPSA) is 66.5 Å². The Bertz CT molecular complexity index is 1180. The number of rotatable bonds is 11. The molecule has 9 heteroatoms. The molecule has 1 amide bonds. The third-order valence-electron chi connectivity index (χ3n) is 8.68. The fourth-order valence-electron chi connectivity index (χ4n) is 5.34. The highest BCUT2D eigenvalue weighted by atomic mass is 28.4. The van der Waals surface area contributed by atoms with Gasteiger partial charge >= 0.3 is 0 Å². The Morgan fingerprint density at radius 1 is 0.930 bits per heavy atom. The van der Waals surface area contributed by atoms with E-state index < -0.39 is 40.7 Å². The maximum absolute atomic E-state index is 12.7. The van der Waals surface area contributed by atoms with E-state index in [1.807, 2.05) is 26.0 Å². The first kappa shape index (κ1) is 35.4. The molecule has 1 aliphatic rings. The molecule has 43 heavy (non-hydrogen) atoms. The SMILES string of the molecule is CON(C)C(=O)/C=C/[C@@H](O[Si](C)(C)C(C)(C)C)[C@H]1OC(C)(C)O[C@H]1CO[Si](c1ccccc1)(c1ccccc1)C(C)(C)C. The molecular weight excluding hydrogens is 575 g/mol. The largest absolute Gasteiger partial charge is 0.408 e. The van der Waals surface area contributed by atoms with Gasteiger partial charge in [0.05, 0.1) is 19.8 Å². The summed E-state index contributed by atoms with van der Waals surface area (Å²) in [5.41, 5.74) is 0. The number of likely N-dealkylation sites (N-methyl/N-ethyl adjacent to an activating group) is 1. The number of carbonyl (C=O) groups is 1. The molecule has 1 fully saturated rings. The zero-order chi connectivity index (χ0) is 32.3. The molecule has 0 N–H and O–H groups in total. The maximum Gasteiger partial charge on any atom is 0.269 e. The summed E-state index contributed by atoms with van der Waals surface area (Å²) in [6, 6.07) is 21.1. The van der Waals surface area contributed by atoms with Crippen molar-refractivity contribution in [3.63, 3.8) is 0 Å². The number of hydrogen-bond acceptors (Lipinski definition) is 6. The highest BCUT2D eigenvalue weighted by molar-refractivity contribution is 6.99. The van der Waals surface area contributed by atoms with E-state index >= 15 is 0 Å². The molecule has 0 unspecified atom stereocenters. The van der Waals surface area contributed by atoms with Crippen molar-refractivity contribution in [2.45, 2.75) is 103 Å². The minimum atomic E-state index is -2.82. The fourth-order valence-corrected chi connectivity index (χ4v) is 11.2. The van der Waals surface area contributed by atoms with Gasteiger partial charge in [0, 0.05) is 13.1 Å². The maximum atomic E-state index is 12.7. The van der Waals surface area contributed by atoms with Crippen molar-refractivity contribution < 1.29 is 28.0 Å². The lowest BCUT2D eigenvalue weighted by Gasteiger charge is -2.44. The van der Waals surface area contributed by atoms with Gasteiger partial charge in [-0.05, 0) is 53.5 Å². The van der Waals surface area contributed by atoms with Gasteiger partial charge in [-0.25, -0.2) is 5.06 Å². The first-order valence-electron chi connectivity index (χ1n) is 15.1. The average molecular weight is 628 g/mol. The van der Waals surface area contributed by atoms with Crippen LogP contribution in [0.2, 0.25) is 23.2 Å². The number of benzene rings is 2. The Labute approximate surface area is 261 Å². The van der Waals surface area contributed by atoms with Gasteiger partial charge in [0.25, 0.3) is 14.2 Å². The lowest BCUT2D eigenvalue weighted by Crippen LogP contribution is -2.67. The van der Waals surface area contributed by atoms with E-state index in [1.165, 1.54) is 28.6 Å². The summed E-state index contributed by atoms with van der Waals surface area (Å²) in [6.07, 6.45) is 1.81. The van der Waals surface area contributed by atoms with Gasteiger partial charge in [0.1, 0.15) is 12.2 Å². The molecule has 2 aromatic carbocycles.